The molecule has 6 nitrogen and oxygen atoms in total. The molecule has 0 amide bonds. The van der Waals surface area contributed by atoms with Gasteiger partial charge in [-0.1, -0.05) is 23.7 Å². The molecule has 1 atom stereocenters. The molecule has 1 unspecified atom stereocenters. The number of rotatable bonds is 7. The summed E-state index contributed by atoms with van der Waals surface area (Å²) in [5.41, 5.74) is 1.82. The third-order valence-corrected chi connectivity index (χ3v) is 5.68. The Morgan fingerprint density at radius 1 is 1.24 bits per heavy atom. The molecule has 0 aliphatic carbocycles. The molecule has 2 aromatic rings. The highest BCUT2D eigenvalue weighted by molar-refractivity contribution is 7.89. The molecule has 3 N–H and O–H groups in total. The number of nitrogens with one attached hydrogen (secondary N) is 1. The summed E-state index contributed by atoms with van der Waals surface area (Å²) in [5.74, 6) is 0.876. The van der Waals surface area contributed by atoms with Gasteiger partial charge in [0, 0.05) is 10.8 Å². The number of hydrogen-bond acceptors (Lipinski definition) is 4. The van der Waals surface area contributed by atoms with E-state index in [4.69, 9.17) is 21.5 Å². The lowest BCUT2D eigenvalue weighted by molar-refractivity contribution is 0.410. The molecule has 0 heterocycles. The van der Waals surface area contributed by atoms with Crippen LogP contribution in [-0.2, 0) is 27.4 Å². The van der Waals surface area contributed by atoms with E-state index >= 15 is 0 Å². The zero-order chi connectivity index (χ0) is 18.6. The Bertz CT molecular complexity index is 901. The first-order chi connectivity index (χ1) is 11.7. The van der Waals surface area contributed by atoms with Crippen LogP contribution in [0.4, 0.5) is 5.69 Å². The van der Waals surface area contributed by atoms with Crippen molar-refractivity contribution >= 4 is 38.3 Å². The number of benzene rings is 2. The molecule has 136 valence electrons. The minimum atomic E-state index is -3.92. The van der Waals surface area contributed by atoms with Crippen LogP contribution in [0.25, 0.3) is 0 Å². The van der Waals surface area contributed by atoms with Crippen molar-refractivity contribution in [2.75, 3.05) is 17.6 Å². The average molecular weight is 403 g/mol. The molecule has 0 spiro atoms. The highest BCUT2D eigenvalue weighted by Gasteiger charge is 2.16. The van der Waals surface area contributed by atoms with Crippen LogP contribution in [0, 0.1) is 6.92 Å². The van der Waals surface area contributed by atoms with Crippen LogP contribution < -0.4 is 14.6 Å². The molecule has 0 aromatic heterocycles. The second-order valence-electron chi connectivity index (χ2n) is 5.40. The summed E-state index contributed by atoms with van der Waals surface area (Å²) < 4.78 is 43.7. The first-order valence-corrected chi connectivity index (χ1v) is 10.6. The number of primary sulfonamides is 1. The zero-order valence-corrected chi connectivity index (χ0v) is 16.2. The Morgan fingerprint density at radius 2 is 1.96 bits per heavy atom. The molecule has 0 fully saturated rings. The molecule has 2 rings (SSSR count). The number of anilines is 1. The maximum absolute atomic E-state index is 12.3. The van der Waals surface area contributed by atoms with E-state index < -0.39 is 21.0 Å². The second kappa shape index (κ2) is 8.18. The van der Waals surface area contributed by atoms with Gasteiger partial charge in [-0.25, -0.2) is 17.8 Å². The monoisotopic (exact) mass is 402 g/mol. The van der Waals surface area contributed by atoms with Gasteiger partial charge in [0.25, 0.3) is 0 Å². The lowest BCUT2D eigenvalue weighted by Gasteiger charge is -2.12. The van der Waals surface area contributed by atoms with E-state index in [1.54, 1.807) is 37.3 Å². The number of hydrogen-bond donors (Lipinski definition) is 2. The summed E-state index contributed by atoms with van der Waals surface area (Å²) in [5, 5.41) is 5.78. The van der Waals surface area contributed by atoms with Gasteiger partial charge in [0.05, 0.1) is 12.8 Å². The van der Waals surface area contributed by atoms with Crippen molar-refractivity contribution in [2.24, 2.45) is 5.14 Å². The maximum atomic E-state index is 12.3. The predicted molar refractivity (Wildman–Crippen MR) is 101 cm³/mol. The number of methoxy groups -OCH3 is 1. The molecule has 25 heavy (non-hydrogen) atoms. The lowest BCUT2D eigenvalue weighted by Crippen LogP contribution is -2.17. The topological polar surface area (TPSA) is 98.5 Å². The van der Waals surface area contributed by atoms with Crippen LogP contribution >= 0.6 is 11.6 Å². The van der Waals surface area contributed by atoms with Crippen LogP contribution in [0.3, 0.4) is 0 Å². The van der Waals surface area contributed by atoms with E-state index in [-0.39, 0.29) is 16.3 Å². The number of nitrogens with two attached hydrogens (primary N) is 1. The van der Waals surface area contributed by atoms with Crippen molar-refractivity contribution in [3.05, 3.63) is 52.5 Å². The summed E-state index contributed by atoms with van der Waals surface area (Å²) in [6, 6.07) is 9.94. The fraction of sp³-hybridized carbons (Fsp3) is 0.250. The molecular weight excluding hydrogens is 384 g/mol. The van der Waals surface area contributed by atoms with Gasteiger partial charge in [-0.3, -0.25) is 0 Å². The summed E-state index contributed by atoms with van der Waals surface area (Å²) in [7, 11) is -3.88. The van der Waals surface area contributed by atoms with Gasteiger partial charge < -0.3 is 9.46 Å². The smallest absolute Gasteiger partial charge is 0.240 e. The van der Waals surface area contributed by atoms with Crippen LogP contribution in [-0.4, -0.2) is 25.5 Å². The number of halogens is 1. The van der Waals surface area contributed by atoms with Crippen LogP contribution in [0.2, 0.25) is 5.02 Å². The van der Waals surface area contributed by atoms with Gasteiger partial charge in [-0.15, -0.1) is 0 Å². The minimum Gasteiger partial charge on any atom is -0.496 e. The Balaban J connectivity index is 2.12. The van der Waals surface area contributed by atoms with Crippen LogP contribution in [0.5, 0.6) is 5.75 Å². The van der Waals surface area contributed by atoms with Gasteiger partial charge >= 0.3 is 0 Å². The summed E-state index contributed by atoms with van der Waals surface area (Å²) >= 11 is 5.92. The predicted octanol–water partition coefficient (Wildman–Crippen LogP) is 2.62. The third-order valence-electron chi connectivity index (χ3n) is 3.47. The van der Waals surface area contributed by atoms with Gasteiger partial charge in [-0.2, -0.15) is 0 Å². The quantitative estimate of drug-likeness (QED) is 0.743. The van der Waals surface area contributed by atoms with Crippen molar-refractivity contribution in [2.45, 2.75) is 18.2 Å². The maximum Gasteiger partial charge on any atom is 0.240 e. The summed E-state index contributed by atoms with van der Waals surface area (Å²) in [6.45, 7) is 1.75. The van der Waals surface area contributed by atoms with Crippen molar-refractivity contribution in [3.63, 3.8) is 0 Å². The standard InChI is InChI=1S/C16H19ClN2O4S2/c1-11-3-6-14(16(9-11)25(18,21)22)19-24(20)8-7-12-4-5-13(17)10-15(12)23-2/h3-6,9-10,19H,7-8H2,1-2H3,(H2,18,21,22). The number of sulfonamides is 1. The third kappa shape index (κ3) is 5.43. The first kappa shape index (κ1) is 19.7. The Morgan fingerprint density at radius 3 is 2.60 bits per heavy atom. The Hall–Kier alpha value is -1.61. The fourth-order valence-corrected chi connectivity index (χ4v) is 4.18. The fourth-order valence-electron chi connectivity index (χ4n) is 2.25. The average Bonchev–Trinajstić information content (AvgIpc) is 2.54. The van der Waals surface area contributed by atoms with E-state index in [0.717, 1.165) is 11.1 Å². The summed E-state index contributed by atoms with van der Waals surface area (Å²) in [6.07, 6.45) is 0.469. The van der Waals surface area contributed by atoms with Gasteiger partial charge in [0.1, 0.15) is 21.6 Å². The van der Waals surface area contributed by atoms with E-state index in [9.17, 15) is 12.6 Å². The van der Waals surface area contributed by atoms with Gasteiger partial charge in [0.15, 0.2) is 0 Å². The zero-order valence-electron chi connectivity index (χ0n) is 13.8. The van der Waals surface area contributed by atoms with Gasteiger partial charge in [-0.05, 0) is 48.7 Å². The molecular formula is C16H19ClN2O4S2. The Kier molecular flexibility index (Phi) is 6.45. The first-order valence-electron chi connectivity index (χ1n) is 7.31. The highest BCUT2D eigenvalue weighted by atomic mass is 35.5. The highest BCUT2D eigenvalue weighted by Crippen LogP contribution is 2.25. The van der Waals surface area contributed by atoms with E-state index in [1.165, 1.54) is 13.2 Å². The molecule has 0 saturated heterocycles. The molecule has 9 heteroatoms. The number of ether oxygens (including phenoxy) is 1. The minimum absolute atomic E-state index is 0.0788. The molecule has 0 aliphatic heterocycles. The molecule has 0 aliphatic rings. The van der Waals surface area contributed by atoms with Gasteiger partial charge in [0.2, 0.25) is 10.0 Å². The molecule has 2 aromatic carbocycles. The van der Waals surface area contributed by atoms with Crippen molar-refractivity contribution in [1.29, 1.82) is 0 Å². The van der Waals surface area contributed by atoms with Crippen molar-refractivity contribution in [3.8, 4) is 5.75 Å². The Labute approximate surface area is 155 Å². The molecule has 0 bridgehead atoms. The lowest BCUT2D eigenvalue weighted by atomic mass is 10.1. The van der Waals surface area contributed by atoms with Crippen molar-refractivity contribution < 1.29 is 17.4 Å². The van der Waals surface area contributed by atoms with E-state index in [1.807, 2.05) is 0 Å². The number of aryl methyl sites for hydroxylation is 2. The normalized spacial score (nSPS) is 12.6. The molecule has 0 radical (unpaired) electrons. The van der Waals surface area contributed by atoms with E-state index in [2.05, 4.69) is 4.72 Å². The van der Waals surface area contributed by atoms with E-state index in [0.29, 0.717) is 17.2 Å². The van der Waals surface area contributed by atoms with Crippen molar-refractivity contribution in [1.82, 2.24) is 0 Å². The SMILES string of the molecule is COc1cc(Cl)ccc1CCS(=O)Nc1ccc(C)cc1S(N)(=O)=O. The second-order valence-corrected chi connectivity index (χ2v) is 8.67. The summed E-state index contributed by atoms with van der Waals surface area (Å²) in [4.78, 5) is -0.0788. The largest absolute Gasteiger partial charge is 0.496 e. The molecule has 0 saturated carbocycles. The van der Waals surface area contributed by atoms with Crippen LogP contribution in [0.15, 0.2) is 41.3 Å². The van der Waals surface area contributed by atoms with Crippen LogP contribution in [0.1, 0.15) is 11.1 Å².